The van der Waals surface area contributed by atoms with Gasteiger partial charge in [0.15, 0.2) is 0 Å². The van der Waals surface area contributed by atoms with Gasteiger partial charge in [0.05, 0.1) is 25.0 Å². The number of hydrogen-bond acceptors (Lipinski definition) is 4. The van der Waals surface area contributed by atoms with Crippen molar-refractivity contribution in [3.63, 3.8) is 0 Å². The van der Waals surface area contributed by atoms with Crippen LogP contribution in [0.1, 0.15) is 20.3 Å². The number of aliphatic hydroxyl groups excluding tert-OH is 1. The smallest absolute Gasteiger partial charge is 0.149 e. The van der Waals surface area contributed by atoms with Gasteiger partial charge in [0.2, 0.25) is 0 Å². The Hall–Kier alpha value is -0.870. The first-order valence-corrected chi connectivity index (χ1v) is 5.34. The summed E-state index contributed by atoms with van der Waals surface area (Å²) in [6.07, 6.45) is 3.95. The Labute approximate surface area is 94.7 Å². The molecule has 0 aliphatic carbocycles. The van der Waals surface area contributed by atoms with E-state index in [9.17, 15) is 0 Å². The lowest BCUT2D eigenvalue weighted by Crippen LogP contribution is -2.26. The van der Waals surface area contributed by atoms with Crippen LogP contribution >= 0.6 is 11.6 Å². The standard InChI is InChI=1S/C10H16ClN3O/c1-7(2)3-8(6-15)13-10-5-12-4-9(11)14-10/h4-5,7-8,15H,3,6H2,1-2H3,(H,13,14)/t8-/m1/s1. The summed E-state index contributed by atoms with van der Waals surface area (Å²) >= 11 is 5.70. The number of hydrogen-bond donors (Lipinski definition) is 2. The molecule has 84 valence electrons. The molecule has 0 amide bonds. The van der Waals surface area contributed by atoms with E-state index in [-0.39, 0.29) is 12.6 Å². The molecule has 0 aliphatic heterocycles. The van der Waals surface area contributed by atoms with Gasteiger partial charge in [0.1, 0.15) is 11.0 Å². The van der Waals surface area contributed by atoms with E-state index in [4.69, 9.17) is 16.7 Å². The number of nitrogens with one attached hydrogen (secondary N) is 1. The molecule has 0 spiro atoms. The average Bonchev–Trinajstić information content (AvgIpc) is 2.16. The Bertz CT molecular complexity index is 306. The summed E-state index contributed by atoms with van der Waals surface area (Å²) in [4.78, 5) is 7.96. The molecule has 1 atom stereocenters. The zero-order valence-electron chi connectivity index (χ0n) is 8.94. The topological polar surface area (TPSA) is 58.0 Å². The molecular formula is C10H16ClN3O. The van der Waals surface area contributed by atoms with Crippen LogP contribution in [-0.2, 0) is 0 Å². The summed E-state index contributed by atoms with van der Waals surface area (Å²) in [7, 11) is 0. The highest BCUT2D eigenvalue weighted by molar-refractivity contribution is 6.29. The van der Waals surface area contributed by atoms with Crippen LogP contribution in [0.25, 0.3) is 0 Å². The monoisotopic (exact) mass is 229 g/mol. The van der Waals surface area contributed by atoms with Crippen molar-refractivity contribution in [2.45, 2.75) is 26.3 Å². The number of aliphatic hydroxyl groups is 1. The van der Waals surface area contributed by atoms with Gasteiger partial charge in [-0.05, 0) is 12.3 Å². The molecule has 0 aromatic carbocycles. The first-order chi connectivity index (χ1) is 7.11. The predicted molar refractivity (Wildman–Crippen MR) is 61.0 cm³/mol. The largest absolute Gasteiger partial charge is 0.394 e. The normalized spacial score (nSPS) is 12.9. The molecule has 4 nitrogen and oxygen atoms in total. The van der Waals surface area contributed by atoms with Crippen molar-refractivity contribution in [1.29, 1.82) is 0 Å². The van der Waals surface area contributed by atoms with Crippen molar-refractivity contribution in [2.75, 3.05) is 11.9 Å². The molecule has 15 heavy (non-hydrogen) atoms. The first-order valence-electron chi connectivity index (χ1n) is 4.96. The molecular weight excluding hydrogens is 214 g/mol. The molecule has 1 rings (SSSR count). The summed E-state index contributed by atoms with van der Waals surface area (Å²) in [5.41, 5.74) is 0. The van der Waals surface area contributed by atoms with E-state index >= 15 is 0 Å². The number of aromatic nitrogens is 2. The summed E-state index contributed by atoms with van der Waals surface area (Å²) in [5.74, 6) is 1.11. The lowest BCUT2D eigenvalue weighted by molar-refractivity contribution is 0.259. The Balaban J connectivity index is 2.58. The van der Waals surface area contributed by atoms with Crippen molar-refractivity contribution in [2.24, 2.45) is 5.92 Å². The van der Waals surface area contributed by atoms with Gasteiger partial charge in [-0.15, -0.1) is 0 Å². The van der Waals surface area contributed by atoms with E-state index in [2.05, 4.69) is 29.1 Å². The molecule has 0 saturated heterocycles. The van der Waals surface area contributed by atoms with Gasteiger partial charge >= 0.3 is 0 Å². The molecule has 0 unspecified atom stereocenters. The van der Waals surface area contributed by atoms with Crippen molar-refractivity contribution < 1.29 is 5.11 Å². The van der Waals surface area contributed by atoms with Crippen LogP contribution in [0.3, 0.4) is 0 Å². The molecule has 5 heteroatoms. The maximum Gasteiger partial charge on any atom is 0.149 e. The Morgan fingerprint density at radius 2 is 2.20 bits per heavy atom. The zero-order chi connectivity index (χ0) is 11.3. The summed E-state index contributed by atoms with van der Waals surface area (Å²) in [6.45, 7) is 4.29. The lowest BCUT2D eigenvalue weighted by atomic mass is 10.0. The van der Waals surface area contributed by atoms with Gasteiger partial charge in [-0.25, -0.2) is 4.98 Å². The molecule has 1 aromatic heterocycles. The second kappa shape index (κ2) is 5.88. The van der Waals surface area contributed by atoms with Crippen LogP contribution in [0.4, 0.5) is 5.82 Å². The van der Waals surface area contributed by atoms with Crippen LogP contribution < -0.4 is 5.32 Å². The summed E-state index contributed by atoms with van der Waals surface area (Å²) in [6, 6.07) is -0.00207. The van der Waals surface area contributed by atoms with Crippen molar-refractivity contribution in [3.05, 3.63) is 17.5 Å². The third-order valence-corrected chi connectivity index (χ3v) is 2.12. The third-order valence-electron chi connectivity index (χ3n) is 1.93. The second-order valence-electron chi connectivity index (χ2n) is 3.88. The highest BCUT2D eigenvalue weighted by Gasteiger charge is 2.10. The minimum absolute atomic E-state index is 0.00207. The molecule has 0 saturated carbocycles. The van der Waals surface area contributed by atoms with Crippen LogP contribution in [0.2, 0.25) is 5.15 Å². The molecule has 0 bridgehead atoms. The zero-order valence-corrected chi connectivity index (χ0v) is 9.70. The fourth-order valence-corrected chi connectivity index (χ4v) is 1.52. The van der Waals surface area contributed by atoms with E-state index in [0.29, 0.717) is 16.9 Å². The van der Waals surface area contributed by atoms with Crippen LogP contribution in [0, 0.1) is 5.92 Å². The Morgan fingerprint density at radius 3 is 2.73 bits per heavy atom. The highest BCUT2D eigenvalue weighted by atomic mass is 35.5. The minimum atomic E-state index is -0.00207. The fraction of sp³-hybridized carbons (Fsp3) is 0.600. The maximum atomic E-state index is 9.16. The predicted octanol–water partition coefficient (Wildman–Crippen LogP) is 1.95. The third kappa shape index (κ3) is 4.44. The SMILES string of the molecule is CC(C)C[C@H](CO)Nc1cncc(Cl)n1. The molecule has 0 fully saturated rings. The Kier molecular flexibility index (Phi) is 4.78. The Morgan fingerprint density at radius 1 is 1.47 bits per heavy atom. The lowest BCUT2D eigenvalue weighted by Gasteiger charge is -2.18. The molecule has 2 N–H and O–H groups in total. The number of nitrogens with zero attached hydrogens (tertiary/aromatic N) is 2. The van der Waals surface area contributed by atoms with Crippen LogP contribution in [0.5, 0.6) is 0 Å². The second-order valence-corrected chi connectivity index (χ2v) is 4.27. The van der Waals surface area contributed by atoms with Gasteiger partial charge in [0.25, 0.3) is 0 Å². The average molecular weight is 230 g/mol. The van der Waals surface area contributed by atoms with E-state index in [1.807, 2.05) is 0 Å². The molecule has 0 aliphatic rings. The summed E-state index contributed by atoms with van der Waals surface area (Å²) < 4.78 is 0. The molecule has 1 heterocycles. The van der Waals surface area contributed by atoms with Crippen molar-refractivity contribution in [1.82, 2.24) is 9.97 Å². The van der Waals surface area contributed by atoms with Gasteiger partial charge in [0, 0.05) is 0 Å². The quantitative estimate of drug-likeness (QED) is 0.810. The number of rotatable bonds is 5. The van der Waals surface area contributed by atoms with E-state index < -0.39 is 0 Å². The minimum Gasteiger partial charge on any atom is -0.394 e. The van der Waals surface area contributed by atoms with Crippen molar-refractivity contribution >= 4 is 17.4 Å². The van der Waals surface area contributed by atoms with Crippen LogP contribution in [-0.4, -0.2) is 27.7 Å². The van der Waals surface area contributed by atoms with Gasteiger partial charge in [-0.2, -0.15) is 0 Å². The molecule has 0 radical (unpaired) electrons. The van der Waals surface area contributed by atoms with Gasteiger partial charge in [-0.3, -0.25) is 4.98 Å². The first kappa shape index (κ1) is 12.2. The van der Waals surface area contributed by atoms with E-state index in [0.717, 1.165) is 6.42 Å². The van der Waals surface area contributed by atoms with E-state index in [1.165, 1.54) is 6.20 Å². The van der Waals surface area contributed by atoms with Gasteiger partial charge in [-0.1, -0.05) is 25.4 Å². The van der Waals surface area contributed by atoms with E-state index in [1.54, 1.807) is 6.20 Å². The highest BCUT2D eigenvalue weighted by Crippen LogP contribution is 2.12. The number of anilines is 1. The van der Waals surface area contributed by atoms with Crippen LogP contribution in [0.15, 0.2) is 12.4 Å². The summed E-state index contributed by atoms with van der Waals surface area (Å²) in [5, 5.41) is 12.6. The van der Waals surface area contributed by atoms with Gasteiger partial charge < -0.3 is 10.4 Å². The fourth-order valence-electron chi connectivity index (χ4n) is 1.37. The molecule has 1 aromatic rings. The maximum absolute atomic E-state index is 9.16. The number of halogens is 1. The van der Waals surface area contributed by atoms with Crippen molar-refractivity contribution in [3.8, 4) is 0 Å².